The van der Waals surface area contributed by atoms with Crippen molar-refractivity contribution in [1.29, 1.82) is 0 Å². The number of carbonyl (C=O) groups is 1. The molecule has 22 heavy (non-hydrogen) atoms. The summed E-state index contributed by atoms with van der Waals surface area (Å²) in [6.45, 7) is 4.03. The molecule has 5 heteroatoms. The Hall–Kier alpha value is -1.10. The maximum absolute atomic E-state index is 11.4. The van der Waals surface area contributed by atoms with Gasteiger partial charge in [-0.1, -0.05) is 23.7 Å². The van der Waals surface area contributed by atoms with Gasteiger partial charge < -0.3 is 15.0 Å². The van der Waals surface area contributed by atoms with E-state index >= 15 is 0 Å². The van der Waals surface area contributed by atoms with E-state index in [0.717, 1.165) is 37.4 Å². The van der Waals surface area contributed by atoms with E-state index in [1.165, 1.54) is 5.56 Å². The number of hydrogen-bond acceptors (Lipinski definition) is 3. The predicted octanol–water partition coefficient (Wildman–Crippen LogP) is 3.02. The van der Waals surface area contributed by atoms with Gasteiger partial charge >= 0.3 is 0 Å². The van der Waals surface area contributed by atoms with Crippen LogP contribution in [0.4, 0.5) is 0 Å². The molecule has 1 aromatic carbocycles. The number of piperidine rings is 1. The third-order valence-corrected chi connectivity index (χ3v) is 4.51. The first-order valence-corrected chi connectivity index (χ1v) is 8.24. The van der Waals surface area contributed by atoms with Crippen molar-refractivity contribution in [2.75, 3.05) is 26.8 Å². The van der Waals surface area contributed by atoms with Crippen molar-refractivity contribution in [3.63, 3.8) is 0 Å². The van der Waals surface area contributed by atoms with Crippen LogP contribution in [0.25, 0.3) is 0 Å². The van der Waals surface area contributed by atoms with Crippen LogP contribution in [0.2, 0.25) is 5.02 Å². The van der Waals surface area contributed by atoms with Crippen molar-refractivity contribution in [3.05, 3.63) is 34.9 Å². The minimum absolute atomic E-state index is 0.173. The largest absolute Gasteiger partial charge is 0.385 e. The summed E-state index contributed by atoms with van der Waals surface area (Å²) < 4.78 is 5.24. The number of rotatable bonds is 6. The average Bonchev–Trinajstić information content (AvgIpc) is 2.52. The summed E-state index contributed by atoms with van der Waals surface area (Å²) in [5.41, 5.74) is 1.23. The minimum Gasteiger partial charge on any atom is -0.385 e. The lowest BCUT2D eigenvalue weighted by atomic mass is 9.99. The third-order valence-electron chi connectivity index (χ3n) is 4.26. The van der Waals surface area contributed by atoms with E-state index in [4.69, 9.17) is 16.3 Å². The number of likely N-dealkylation sites (tertiary alicyclic amines) is 1. The Balaban J connectivity index is 1.95. The van der Waals surface area contributed by atoms with Crippen molar-refractivity contribution in [3.8, 4) is 0 Å². The van der Waals surface area contributed by atoms with Crippen LogP contribution in [0.5, 0.6) is 0 Å². The van der Waals surface area contributed by atoms with Crippen LogP contribution < -0.4 is 5.32 Å². The van der Waals surface area contributed by atoms with Crippen molar-refractivity contribution in [2.24, 2.45) is 0 Å². The molecule has 0 bridgehead atoms. The molecular weight excluding hydrogens is 300 g/mol. The summed E-state index contributed by atoms with van der Waals surface area (Å²) in [6.07, 6.45) is 2.92. The van der Waals surface area contributed by atoms with Gasteiger partial charge in [0.15, 0.2) is 0 Å². The lowest BCUT2D eigenvalue weighted by Crippen LogP contribution is -2.45. The summed E-state index contributed by atoms with van der Waals surface area (Å²) in [7, 11) is 1.73. The molecular formula is C17H25ClN2O2. The molecule has 1 atom stereocenters. The zero-order valence-corrected chi connectivity index (χ0v) is 14.1. The summed E-state index contributed by atoms with van der Waals surface area (Å²) in [5, 5.41) is 4.48. The number of methoxy groups -OCH3 is 1. The van der Waals surface area contributed by atoms with Crippen molar-refractivity contribution >= 4 is 17.5 Å². The predicted molar refractivity (Wildman–Crippen MR) is 89.1 cm³/mol. The zero-order valence-electron chi connectivity index (χ0n) is 13.3. The maximum atomic E-state index is 11.4. The Bertz CT molecular complexity index is 470. The summed E-state index contributed by atoms with van der Waals surface area (Å²) >= 11 is 5.98. The molecule has 0 saturated carbocycles. The highest BCUT2D eigenvalue weighted by Gasteiger charge is 2.23. The van der Waals surface area contributed by atoms with Crippen molar-refractivity contribution < 1.29 is 9.53 Å². The number of hydrogen-bond donors (Lipinski definition) is 1. The van der Waals surface area contributed by atoms with Gasteiger partial charge in [0, 0.05) is 50.8 Å². The van der Waals surface area contributed by atoms with Gasteiger partial charge in [-0.25, -0.2) is 0 Å². The van der Waals surface area contributed by atoms with E-state index in [9.17, 15) is 4.79 Å². The zero-order chi connectivity index (χ0) is 15.9. The number of nitrogens with one attached hydrogen (secondary N) is 1. The fourth-order valence-corrected chi connectivity index (χ4v) is 3.05. The lowest BCUT2D eigenvalue weighted by molar-refractivity contribution is -0.129. The molecule has 122 valence electrons. The highest BCUT2D eigenvalue weighted by Crippen LogP contribution is 2.22. The quantitative estimate of drug-likeness (QED) is 0.874. The molecule has 1 saturated heterocycles. The van der Waals surface area contributed by atoms with Gasteiger partial charge in [0.05, 0.1) is 0 Å². The third kappa shape index (κ3) is 4.97. The standard InChI is InChI=1S/C17H25ClN2O2/c1-13(21)20-10-7-16(8-11-20)19-17(9-12-22-2)14-3-5-15(18)6-4-14/h3-6,16-17,19H,7-12H2,1-2H3. The Morgan fingerprint density at radius 2 is 2.00 bits per heavy atom. The summed E-state index contributed by atoms with van der Waals surface area (Å²) in [4.78, 5) is 13.3. The van der Waals surface area contributed by atoms with Crippen LogP contribution in [0, 0.1) is 0 Å². The second kappa shape index (κ2) is 8.51. The highest BCUT2D eigenvalue weighted by atomic mass is 35.5. The summed E-state index contributed by atoms with van der Waals surface area (Å²) in [6, 6.07) is 8.69. The second-order valence-electron chi connectivity index (χ2n) is 5.83. The van der Waals surface area contributed by atoms with Crippen LogP contribution in [0.3, 0.4) is 0 Å². The van der Waals surface area contributed by atoms with E-state index in [1.807, 2.05) is 17.0 Å². The van der Waals surface area contributed by atoms with Crippen LogP contribution >= 0.6 is 11.6 Å². The Kier molecular flexibility index (Phi) is 6.68. The van der Waals surface area contributed by atoms with Crippen LogP contribution in [0.15, 0.2) is 24.3 Å². The van der Waals surface area contributed by atoms with Crippen molar-refractivity contribution in [1.82, 2.24) is 10.2 Å². The first kappa shape index (κ1) is 17.3. The van der Waals surface area contributed by atoms with Gasteiger partial charge in [0.1, 0.15) is 0 Å². The van der Waals surface area contributed by atoms with E-state index in [2.05, 4.69) is 17.4 Å². The first-order valence-electron chi connectivity index (χ1n) is 7.86. The topological polar surface area (TPSA) is 41.6 Å². The molecule has 0 aromatic heterocycles. The monoisotopic (exact) mass is 324 g/mol. The van der Waals surface area contributed by atoms with Crippen molar-refractivity contribution in [2.45, 2.75) is 38.3 Å². The van der Waals surface area contributed by atoms with E-state index in [1.54, 1.807) is 14.0 Å². The molecule has 0 spiro atoms. The number of benzene rings is 1. The van der Waals surface area contributed by atoms with Crippen LogP contribution in [-0.2, 0) is 9.53 Å². The Morgan fingerprint density at radius 1 is 1.36 bits per heavy atom. The molecule has 0 aliphatic carbocycles. The van der Waals surface area contributed by atoms with Gasteiger partial charge in [-0.05, 0) is 37.0 Å². The molecule has 4 nitrogen and oxygen atoms in total. The molecule has 2 rings (SSSR count). The highest BCUT2D eigenvalue weighted by molar-refractivity contribution is 6.30. The second-order valence-corrected chi connectivity index (χ2v) is 6.27. The number of nitrogens with zero attached hydrogens (tertiary/aromatic N) is 1. The van der Waals surface area contributed by atoms with E-state index < -0.39 is 0 Å². The molecule has 1 aliphatic rings. The van der Waals surface area contributed by atoms with Gasteiger partial charge in [0.25, 0.3) is 0 Å². The fourth-order valence-electron chi connectivity index (χ4n) is 2.92. The average molecular weight is 325 g/mol. The minimum atomic E-state index is 0.173. The first-order chi connectivity index (χ1) is 10.6. The molecule has 0 radical (unpaired) electrons. The number of halogens is 1. The van der Waals surface area contributed by atoms with Gasteiger partial charge in [-0.2, -0.15) is 0 Å². The number of ether oxygens (including phenoxy) is 1. The van der Waals surface area contributed by atoms with Gasteiger partial charge in [-0.3, -0.25) is 4.79 Å². The molecule has 1 N–H and O–H groups in total. The van der Waals surface area contributed by atoms with E-state index in [0.29, 0.717) is 12.6 Å². The lowest BCUT2D eigenvalue weighted by Gasteiger charge is -2.34. The normalized spacial score (nSPS) is 17.5. The Labute approximate surface area is 137 Å². The maximum Gasteiger partial charge on any atom is 0.219 e. The molecule has 1 heterocycles. The summed E-state index contributed by atoms with van der Waals surface area (Å²) in [5.74, 6) is 0.173. The number of carbonyl (C=O) groups excluding carboxylic acids is 1. The molecule has 1 amide bonds. The van der Waals surface area contributed by atoms with Gasteiger partial charge in [0.2, 0.25) is 5.91 Å². The Morgan fingerprint density at radius 3 is 2.55 bits per heavy atom. The van der Waals surface area contributed by atoms with E-state index in [-0.39, 0.29) is 11.9 Å². The molecule has 1 fully saturated rings. The van der Waals surface area contributed by atoms with Crippen LogP contribution in [-0.4, -0.2) is 43.7 Å². The number of amides is 1. The molecule has 1 aromatic rings. The smallest absolute Gasteiger partial charge is 0.219 e. The SMILES string of the molecule is COCCC(NC1CCN(C(C)=O)CC1)c1ccc(Cl)cc1. The van der Waals surface area contributed by atoms with Gasteiger partial charge in [-0.15, -0.1) is 0 Å². The fraction of sp³-hybridized carbons (Fsp3) is 0.588. The molecule has 1 unspecified atom stereocenters. The van der Waals surface area contributed by atoms with Crippen LogP contribution in [0.1, 0.15) is 37.8 Å². The molecule has 1 aliphatic heterocycles.